The maximum Gasteiger partial charge on any atom is 0.288 e. The van der Waals surface area contributed by atoms with Gasteiger partial charge in [-0.05, 0) is 11.1 Å². The number of ether oxygens (including phenoxy) is 1. The minimum Gasteiger partial charge on any atom is -0.503 e. The molecule has 7 nitrogen and oxygen atoms in total. The molecule has 0 saturated carbocycles. The Balaban J connectivity index is 1.95. The second-order valence-electron chi connectivity index (χ2n) is 7.49. The van der Waals surface area contributed by atoms with Crippen LogP contribution in [0.5, 0.6) is 5.75 Å². The van der Waals surface area contributed by atoms with E-state index in [1.807, 2.05) is 72.7 Å². The Kier molecular flexibility index (Phi) is 5.88. The molecule has 1 aliphatic heterocycles. The zero-order valence-electron chi connectivity index (χ0n) is 17.5. The lowest BCUT2D eigenvalue weighted by Gasteiger charge is -2.47. The molecule has 4 rings (SSSR count). The number of pyridine rings is 1. The van der Waals surface area contributed by atoms with E-state index in [9.17, 15) is 14.7 Å². The van der Waals surface area contributed by atoms with Crippen LogP contribution >= 0.6 is 0 Å². The molecule has 1 unspecified atom stereocenters. The van der Waals surface area contributed by atoms with Crippen LogP contribution in [0.25, 0.3) is 0 Å². The Morgan fingerprint density at radius 2 is 1.55 bits per heavy atom. The Labute approximate surface area is 180 Å². The van der Waals surface area contributed by atoms with E-state index in [-0.39, 0.29) is 11.6 Å². The van der Waals surface area contributed by atoms with Crippen molar-refractivity contribution < 1.29 is 14.6 Å². The van der Waals surface area contributed by atoms with Gasteiger partial charge in [0, 0.05) is 32.3 Å². The summed E-state index contributed by atoms with van der Waals surface area (Å²) < 4.78 is 6.90. The number of carbonyl (C=O) groups excluding carboxylic acids is 1. The lowest BCUT2D eigenvalue weighted by atomic mass is 9.87. The molecule has 31 heavy (non-hydrogen) atoms. The van der Waals surface area contributed by atoms with Gasteiger partial charge in [0.25, 0.3) is 5.91 Å². The molecule has 160 valence electrons. The third-order valence-electron chi connectivity index (χ3n) is 5.71. The summed E-state index contributed by atoms with van der Waals surface area (Å²) >= 11 is 0. The number of hydrogen-bond acceptors (Lipinski definition) is 5. The molecule has 3 aromatic rings. The van der Waals surface area contributed by atoms with Gasteiger partial charge in [0.05, 0.1) is 13.2 Å². The van der Waals surface area contributed by atoms with Crippen molar-refractivity contribution in [1.29, 1.82) is 0 Å². The number of hydrogen-bond donors (Lipinski definition) is 1. The number of fused-ring (bicyclic) bond motifs is 1. The molecule has 1 aliphatic rings. The Bertz CT molecular complexity index is 1080. The van der Waals surface area contributed by atoms with Gasteiger partial charge in [-0.3, -0.25) is 14.6 Å². The smallest absolute Gasteiger partial charge is 0.288 e. The fraction of sp³-hybridized carbons (Fsp3) is 0.250. The minimum absolute atomic E-state index is 0.0106. The molecular formula is C24H25N3O4. The van der Waals surface area contributed by atoms with Crippen molar-refractivity contribution in [2.75, 3.05) is 27.3 Å². The first-order valence-electron chi connectivity index (χ1n) is 10.1. The van der Waals surface area contributed by atoms with Crippen LogP contribution in [-0.4, -0.2) is 52.9 Å². The second-order valence-corrected chi connectivity index (χ2v) is 7.49. The van der Waals surface area contributed by atoms with Crippen LogP contribution in [0.4, 0.5) is 0 Å². The molecule has 1 amide bonds. The molecule has 0 aliphatic carbocycles. The topological polar surface area (TPSA) is 75.0 Å². The highest BCUT2D eigenvalue weighted by Gasteiger charge is 2.42. The summed E-state index contributed by atoms with van der Waals surface area (Å²) in [4.78, 5) is 25.4. The number of carbonyl (C=O) groups is 1. The molecule has 0 bridgehead atoms. The number of likely N-dealkylation sites (N-methyl/N-ethyl adjacent to an activating group) is 1. The van der Waals surface area contributed by atoms with E-state index < -0.39 is 23.3 Å². The predicted octanol–water partition coefficient (Wildman–Crippen LogP) is 2.83. The van der Waals surface area contributed by atoms with Crippen molar-refractivity contribution in [1.82, 2.24) is 14.6 Å². The molecular weight excluding hydrogens is 394 g/mol. The zero-order chi connectivity index (χ0) is 22.0. The van der Waals surface area contributed by atoms with Gasteiger partial charge in [-0.15, -0.1) is 0 Å². The molecule has 1 aromatic heterocycles. The monoisotopic (exact) mass is 419 g/mol. The summed E-state index contributed by atoms with van der Waals surface area (Å²) in [6.45, 7) is 0.614. The third kappa shape index (κ3) is 3.73. The summed E-state index contributed by atoms with van der Waals surface area (Å²) in [5.41, 5.74) is 1.51. The van der Waals surface area contributed by atoms with Gasteiger partial charge in [-0.25, -0.2) is 0 Å². The van der Waals surface area contributed by atoms with Gasteiger partial charge < -0.3 is 14.4 Å². The van der Waals surface area contributed by atoms with Gasteiger partial charge in [0.1, 0.15) is 6.17 Å². The molecule has 1 atom stereocenters. The number of nitrogens with zero attached hydrogens (tertiary/aromatic N) is 3. The van der Waals surface area contributed by atoms with Crippen molar-refractivity contribution in [3.05, 3.63) is 100.0 Å². The standard InChI is InChI=1S/C24H25N3O4/c1-25-23(20(17-9-5-3-6-10-17)18-11-7-4-8-12-18)26-14-13-19(28)22(29)21(26)24(30)27(25)15-16-31-2/h3-14,20,23,29H,15-16H2,1-2H3. The number of hydrazine groups is 1. The van der Waals surface area contributed by atoms with E-state index in [1.54, 1.807) is 17.9 Å². The highest BCUT2D eigenvalue weighted by Crippen LogP contribution is 2.41. The van der Waals surface area contributed by atoms with E-state index in [1.165, 1.54) is 11.1 Å². The van der Waals surface area contributed by atoms with Gasteiger partial charge in [-0.1, -0.05) is 60.7 Å². The highest BCUT2D eigenvalue weighted by atomic mass is 16.5. The first kappa shape index (κ1) is 20.8. The van der Waals surface area contributed by atoms with E-state index in [4.69, 9.17) is 4.74 Å². The van der Waals surface area contributed by atoms with Crippen molar-refractivity contribution in [3.8, 4) is 5.75 Å². The van der Waals surface area contributed by atoms with Crippen molar-refractivity contribution in [2.24, 2.45) is 0 Å². The number of rotatable bonds is 6. The quantitative estimate of drug-likeness (QED) is 0.665. The van der Waals surface area contributed by atoms with Gasteiger partial charge in [-0.2, -0.15) is 5.01 Å². The summed E-state index contributed by atoms with van der Waals surface area (Å²) in [6.07, 6.45) is 1.18. The maximum atomic E-state index is 13.3. The van der Waals surface area contributed by atoms with E-state index >= 15 is 0 Å². The van der Waals surface area contributed by atoms with Gasteiger partial charge >= 0.3 is 0 Å². The molecule has 0 fully saturated rings. The number of amides is 1. The molecule has 7 heteroatoms. The fourth-order valence-corrected chi connectivity index (χ4v) is 4.23. The van der Waals surface area contributed by atoms with E-state index in [0.29, 0.717) is 13.2 Å². The third-order valence-corrected chi connectivity index (χ3v) is 5.71. The first-order chi connectivity index (χ1) is 15.0. The van der Waals surface area contributed by atoms with Crippen molar-refractivity contribution in [3.63, 3.8) is 0 Å². The van der Waals surface area contributed by atoms with Crippen LogP contribution in [-0.2, 0) is 4.74 Å². The molecule has 0 spiro atoms. The predicted molar refractivity (Wildman–Crippen MR) is 117 cm³/mol. The van der Waals surface area contributed by atoms with Gasteiger partial charge in [0.15, 0.2) is 11.4 Å². The average molecular weight is 419 g/mol. The zero-order valence-corrected chi connectivity index (χ0v) is 17.5. The largest absolute Gasteiger partial charge is 0.503 e. The van der Waals surface area contributed by atoms with Gasteiger partial charge in [0.2, 0.25) is 5.43 Å². The number of methoxy groups -OCH3 is 1. The normalized spacial score (nSPS) is 16.5. The van der Waals surface area contributed by atoms with Crippen LogP contribution in [0.2, 0.25) is 0 Å². The van der Waals surface area contributed by atoms with Crippen LogP contribution in [0.3, 0.4) is 0 Å². The minimum atomic E-state index is -0.578. The van der Waals surface area contributed by atoms with Crippen molar-refractivity contribution >= 4 is 5.91 Å². The number of aromatic hydroxyl groups is 1. The Morgan fingerprint density at radius 1 is 0.968 bits per heavy atom. The van der Waals surface area contributed by atoms with E-state index in [0.717, 1.165) is 11.1 Å². The Hall–Kier alpha value is -3.42. The number of benzene rings is 2. The van der Waals surface area contributed by atoms with Crippen LogP contribution in [0.1, 0.15) is 33.7 Å². The highest BCUT2D eigenvalue weighted by molar-refractivity contribution is 5.95. The Morgan fingerprint density at radius 3 is 2.10 bits per heavy atom. The molecule has 1 N–H and O–H groups in total. The summed E-state index contributed by atoms with van der Waals surface area (Å²) in [7, 11) is 3.41. The lowest BCUT2D eigenvalue weighted by Crippen LogP contribution is -2.55. The lowest BCUT2D eigenvalue weighted by molar-refractivity contribution is -0.0706. The van der Waals surface area contributed by atoms with Crippen LogP contribution < -0.4 is 5.43 Å². The average Bonchev–Trinajstić information content (AvgIpc) is 2.79. The summed E-state index contributed by atoms with van der Waals surface area (Å²) in [6, 6.07) is 21.3. The summed E-state index contributed by atoms with van der Waals surface area (Å²) in [5.74, 6) is -1.15. The number of aromatic nitrogens is 1. The molecule has 2 aromatic carbocycles. The fourth-order valence-electron chi connectivity index (χ4n) is 4.23. The maximum absolute atomic E-state index is 13.3. The SMILES string of the molecule is COCCN1C(=O)c2c(O)c(=O)ccn2C(C(c2ccccc2)c2ccccc2)N1C. The van der Waals surface area contributed by atoms with Crippen LogP contribution in [0.15, 0.2) is 77.7 Å². The second kappa shape index (κ2) is 8.75. The molecule has 2 heterocycles. The summed E-state index contributed by atoms with van der Waals surface area (Å²) in [5, 5.41) is 13.9. The molecule has 0 radical (unpaired) electrons. The molecule has 0 saturated heterocycles. The van der Waals surface area contributed by atoms with E-state index in [2.05, 4.69) is 0 Å². The van der Waals surface area contributed by atoms with Crippen LogP contribution in [0, 0.1) is 0 Å². The first-order valence-corrected chi connectivity index (χ1v) is 10.1. The van der Waals surface area contributed by atoms with Crippen molar-refractivity contribution in [2.45, 2.75) is 12.1 Å².